The average Bonchev–Trinajstić information content (AvgIpc) is 2.32. The molecule has 0 spiro atoms. The topological polar surface area (TPSA) is 23.5 Å². The van der Waals surface area contributed by atoms with Crippen LogP contribution in [-0.2, 0) is 6.54 Å². The zero-order chi connectivity index (χ0) is 11.4. The number of rotatable bonds is 3. The first-order valence-corrected chi connectivity index (χ1v) is 5.85. The summed E-state index contributed by atoms with van der Waals surface area (Å²) >= 11 is 0. The Bertz CT molecular complexity index is 325. The molecule has 1 unspecified atom stereocenters. The minimum absolute atomic E-state index is 0.185. The van der Waals surface area contributed by atoms with Crippen molar-refractivity contribution in [2.45, 2.75) is 19.4 Å². The first-order valence-electron chi connectivity index (χ1n) is 5.85. The molecule has 2 rings (SSSR count). The summed E-state index contributed by atoms with van der Waals surface area (Å²) in [5.74, 6) is 0.227. The van der Waals surface area contributed by atoms with E-state index in [1.807, 2.05) is 12.1 Å². The summed E-state index contributed by atoms with van der Waals surface area (Å²) in [6.45, 7) is 3.17. The Kier molecular flexibility index (Phi) is 3.91. The van der Waals surface area contributed by atoms with Gasteiger partial charge >= 0.3 is 0 Å². The van der Waals surface area contributed by atoms with E-state index in [1.165, 1.54) is 12.1 Å². The smallest absolute Gasteiger partial charge is 0.123 e. The standard InChI is InChI=1S/C13H18FNO/c14-13-5-3-11(4-6-13)8-15-7-1-2-12(9-15)10-16/h3-6,12,16H,1-2,7-10H2. The van der Waals surface area contributed by atoms with Crippen molar-refractivity contribution in [1.82, 2.24) is 4.90 Å². The van der Waals surface area contributed by atoms with Crippen molar-refractivity contribution in [3.63, 3.8) is 0 Å². The number of halogens is 1. The molecule has 0 bridgehead atoms. The Labute approximate surface area is 95.7 Å². The number of aliphatic hydroxyl groups excluding tert-OH is 1. The summed E-state index contributed by atoms with van der Waals surface area (Å²) < 4.78 is 12.7. The van der Waals surface area contributed by atoms with Gasteiger partial charge in [0.1, 0.15) is 5.82 Å². The van der Waals surface area contributed by atoms with Gasteiger partial charge in [-0.15, -0.1) is 0 Å². The van der Waals surface area contributed by atoms with Gasteiger partial charge in [-0.25, -0.2) is 4.39 Å². The van der Waals surface area contributed by atoms with Gasteiger partial charge in [-0.2, -0.15) is 0 Å². The van der Waals surface area contributed by atoms with Crippen molar-refractivity contribution in [3.8, 4) is 0 Å². The van der Waals surface area contributed by atoms with Gasteiger partial charge in [0, 0.05) is 19.7 Å². The molecule has 1 aliphatic heterocycles. The number of aliphatic hydroxyl groups is 1. The third kappa shape index (κ3) is 3.03. The van der Waals surface area contributed by atoms with Gasteiger partial charge in [0.05, 0.1) is 0 Å². The van der Waals surface area contributed by atoms with Crippen LogP contribution >= 0.6 is 0 Å². The van der Waals surface area contributed by atoms with Crippen molar-refractivity contribution in [1.29, 1.82) is 0 Å². The summed E-state index contributed by atoms with van der Waals surface area (Å²) in [4.78, 5) is 2.33. The predicted octanol–water partition coefficient (Wildman–Crippen LogP) is 2.03. The Morgan fingerprint density at radius 2 is 2.06 bits per heavy atom. The van der Waals surface area contributed by atoms with Gasteiger partial charge in [-0.3, -0.25) is 4.90 Å². The van der Waals surface area contributed by atoms with Gasteiger partial charge in [0.25, 0.3) is 0 Å². The van der Waals surface area contributed by atoms with Gasteiger partial charge in [0.15, 0.2) is 0 Å². The summed E-state index contributed by atoms with van der Waals surface area (Å²) in [7, 11) is 0. The molecule has 1 fully saturated rings. The molecule has 0 aromatic heterocycles. The second-order valence-electron chi connectivity index (χ2n) is 4.55. The molecule has 88 valence electrons. The van der Waals surface area contributed by atoms with Crippen molar-refractivity contribution in [2.24, 2.45) is 5.92 Å². The Balaban J connectivity index is 1.91. The molecule has 0 radical (unpaired) electrons. The highest BCUT2D eigenvalue weighted by molar-refractivity contribution is 5.15. The van der Waals surface area contributed by atoms with Gasteiger partial charge in [-0.1, -0.05) is 12.1 Å². The third-order valence-electron chi connectivity index (χ3n) is 3.18. The number of hydrogen-bond acceptors (Lipinski definition) is 2. The van der Waals surface area contributed by atoms with Crippen LogP contribution in [-0.4, -0.2) is 29.7 Å². The van der Waals surface area contributed by atoms with E-state index in [9.17, 15) is 4.39 Å². The van der Waals surface area contributed by atoms with Crippen LogP contribution in [0.5, 0.6) is 0 Å². The zero-order valence-electron chi connectivity index (χ0n) is 9.40. The van der Waals surface area contributed by atoms with E-state index >= 15 is 0 Å². The molecule has 1 aromatic rings. The van der Waals surface area contributed by atoms with E-state index in [2.05, 4.69) is 4.90 Å². The van der Waals surface area contributed by atoms with Crippen LogP contribution in [0.1, 0.15) is 18.4 Å². The highest BCUT2D eigenvalue weighted by Gasteiger charge is 2.18. The molecular weight excluding hydrogens is 205 g/mol. The first kappa shape index (κ1) is 11.6. The monoisotopic (exact) mass is 223 g/mol. The number of benzene rings is 1. The average molecular weight is 223 g/mol. The van der Waals surface area contributed by atoms with Crippen LogP contribution in [0.15, 0.2) is 24.3 Å². The second-order valence-corrected chi connectivity index (χ2v) is 4.55. The molecular formula is C13H18FNO. The summed E-state index contributed by atoms with van der Waals surface area (Å²) in [5.41, 5.74) is 1.14. The normalized spacial score (nSPS) is 22.2. The lowest BCUT2D eigenvalue weighted by atomic mass is 9.98. The molecule has 0 saturated carbocycles. The van der Waals surface area contributed by atoms with Crippen LogP contribution in [0.2, 0.25) is 0 Å². The SMILES string of the molecule is OCC1CCCN(Cc2ccc(F)cc2)C1. The molecule has 1 saturated heterocycles. The summed E-state index contributed by atoms with van der Waals surface area (Å²) in [6.07, 6.45) is 2.27. The molecule has 1 heterocycles. The maximum atomic E-state index is 12.7. The minimum atomic E-state index is -0.185. The van der Waals surface area contributed by atoms with Crippen LogP contribution in [0.3, 0.4) is 0 Å². The van der Waals surface area contributed by atoms with E-state index in [4.69, 9.17) is 5.11 Å². The highest BCUT2D eigenvalue weighted by Crippen LogP contribution is 2.18. The molecule has 1 aromatic carbocycles. The van der Waals surface area contributed by atoms with Crippen LogP contribution < -0.4 is 0 Å². The maximum Gasteiger partial charge on any atom is 0.123 e. The van der Waals surface area contributed by atoms with E-state index < -0.39 is 0 Å². The second kappa shape index (κ2) is 5.41. The predicted molar refractivity (Wildman–Crippen MR) is 61.5 cm³/mol. The molecule has 3 heteroatoms. The fraction of sp³-hybridized carbons (Fsp3) is 0.538. The molecule has 0 aliphatic carbocycles. The fourth-order valence-corrected chi connectivity index (χ4v) is 2.29. The lowest BCUT2D eigenvalue weighted by Crippen LogP contribution is -2.36. The number of nitrogens with zero attached hydrogens (tertiary/aromatic N) is 1. The Morgan fingerprint density at radius 1 is 1.31 bits per heavy atom. The molecule has 1 aliphatic rings. The van der Waals surface area contributed by atoms with Crippen LogP contribution in [0.25, 0.3) is 0 Å². The first-order chi connectivity index (χ1) is 7.78. The zero-order valence-corrected chi connectivity index (χ0v) is 9.40. The van der Waals surface area contributed by atoms with Crippen molar-refractivity contribution in [3.05, 3.63) is 35.6 Å². The van der Waals surface area contributed by atoms with E-state index in [1.54, 1.807) is 0 Å². The highest BCUT2D eigenvalue weighted by atomic mass is 19.1. The Hall–Kier alpha value is -0.930. The number of likely N-dealkylation sites (tertiary alicyclic amines) is 1. The van der Waals surface area contributed by atoms with Gasteiger partial charge in [-0.05, 0) is 43.0 Å². The number of piperidine rings is 1. The fourth-order valence-electron chi connectivity index (χ4n) is 2.29. The van der Waals surface area contributed by atoms with Crippen molar-refractivity contribution >= 4 is 0 Å². The maximum absolute atomic E-state index is 12.7. The quantitative estimate of drug-likeness (QED) is 0.847. The summed E-state index contributed by atoms with van der Waals surface area (Å²) in [6, 6.07) is 6.67. The van der Waals surface area contributed by atoms with E-state index in [0.29, 0.717) is 5.92 Å². The van der Waals surface area contributed by atoms with E-state index in [-0.39, 0.29) is 12.4 Å². The molecule has 16 heavy (non-hydrogen) atoms. The molecule has 2 nitrogen and oxygen atoms in total. The van der Waals surface area contributed by atoms with Crippen LogP contribution in [0.4, 0.5) is 4.39 Å². The summed E-state index contributed by atoms with van der Waals surface area (Å²) in [5, 5.41) is 9.14. The molecule has 1 N–H and O–H groups in total. The van der Waals surface area contributed by atoms with Crippen LogP contribution in [0, 0.1) is 11.7 Å². The Morgan fingerprint density at radius 3 is 2.75 bits per heavy atom. The molecule has 1 atom stereocenters. The largest absolute Gasteiger partial charge is 0.396 e. The third-order valence-corrected chi connectivity index (χ3v) is 3.18. The van der Waals surface area contributed by atoms with Crippen molar-refractivity contribution < 1.29 is 9.50 Å². The minimum Gasteiger partial charge on any atom is -0.396 e. The van der Waals surface area contributed by atoms with E-state index in [0.717, 1.165) is 38.0 Å². The lowest BCUT2D eigenvalue weighted by Gasteiger charge is -2.31. The van der Waals surface area contributed by atoms with Gasteiger partial charge < -0.3 is 5.11 Å². The molecule has 0 amide bonds. The lowest BCUT2D eigenvalue weighted by molar-refractivity contribution is 0.116. The van der Waals surface area contributed by atoms with Crippen molar-refractivity contribution in [2.75, 3.05) is 19.7 Å². The van der Waals surface area contributed by atoms with Gasteiger partial charge in [0.2, 0.25) is 0 Å². The number of hydrogen-bond donors (Lipinski definition) is 1.